The van der Waals surface area contributed by atoms with E-state index in [0.717, 1.165) is 17.4 Å². The molecule has 0 unspecified atom stereocenters. The summed E-state index contributed by atoms with van der Waals surface area (Å²) in [6.07, 6.45) is 5.37. The monoisotopic (exact) mass is 262 g/mol. The number of rotatable bonds is 2. The molecule has 0 spiro atoms. The first-order valence-corrected chi connectivity index (χ1v) is 8.10. The minimum Gasteiger partial charge on any atom is -0.142 e. The van der Waals surface area contributed by atoms with Crippen molar-refractivity contribution >= 4 is 23.5 Å². The van der Waals surface area contributed by atoms with Crippen LogP contribution in [0.3, 0.4) is 0 Å². The third kappa shape index (κ3) is 3.24. The molecule has 1 aromatic carbocycles. The molecule has 0 atom stereocenters. The molecule has 0 N–H and O–H groups in total. The second-order valence-corrected chi connectivity index (χ2v) is 7.34. The van der Waals surface area contributed by atoms with Gasteiger partial charge in [0.25, 0.3) is 0 Å². The van der Waals surface area contributed by atoms with Gasteiger partial charge in [-0.05, 0) is 41.0 Å². The zero-order valence-electron chi connectivity index (χ0n) is 10.3. The molecule has 0 amide bonds. The second kappa shape index (κ2) is 5.89. The van der Waals surface area contributed by atoms with Gasteiger partial charge in [0, 0.05) is 5.56 Å². The SMILES string of the molecule is C#Cc1ccc([C@H]2SC[C@H](C(C)C)CS2)cc1. The molecular weight excluding hydrogens is 244 g/mol. The zero-order valence-corrected chi connectivity index (χ0v) is 12.0. The van der Waals surface area contributed by atoms with Crippen molar-refractivity contribution in [2.24, 2.45) is 11.8 Å². The Hall–Kier alpha value is -0.520. The Bertz CT molecular complexity index is 392. The average Bonchev–Trinajstić information content (AvgIpc) is 2.39. The zero-order chi connectivity index (χ0) is 12.3. The van der Waals surface area contributed by atoms with E-state index in [2.05, 4.69) is 55.4 Å². The van der Waals surface area contributed by atoms with Gasteiger partial charge in [-0.2, -0.15) is 0 Å². The Morgan fingerprint density at radius 3 is 2.24 bits per heavy atom. The van der Waals surface area contributed by atoms with Crippen molar-refractivity contribution < 1.29 is 0 Å². The number of terminal acetylenes is 1. The second-order valence-electron chi connectivity index (χ2n) is 4.77. The highest BCUT2D eigenvalue weighted by atomic mass is 32.2. The van der Waals surface area contributed by atoms with Gasteiger partial charge in [-0.25, -0.2) is 0 Å². The van der Waals surface area contributed by atoms with Crippen LogP contribution in [0.2, 0.25) is 0 Å². The smallest absolute Gasteiger partial charge is 0.0751 e. The largest absolute Gasteiger partial charge is 0.142 e. The van der Waals surface area contributed by atoms with Gasteiger partial charge in [0.15, 0.2) is 0 Å². The molecule has 0 bridgehead atoms. The first-order chi connectivity index (χ1) is 8.20. The van der Waals surface area contributed by atoms with Gasteiger partial charge >= 0.3 is 0 Å². The van der Waals surface area contributed by atoms with Gasteiger partial charge in [0.05, 0.1) is 4.58 Å². The van der Waals surface area contributed by atoms with E-state index in [4.69, 9.17) is 6.42 Å². The van der Waals surface area contributed by atoms with Crippen LogP contribution in [0.25, 0.3) is 0 Å². The van der Waals surface area contributed by atoms with E-state index in [-0.39, 0.29) is 0 Å². The Morgan fingerprint density at radius 1 is 1.18 bits per heavy atom. The molecule has 1 aliphatic heterocycles. The number of hydrogen-bond acceptors (Lipinski definition) is 2. The normalized spacial score (nSPS) is 24.6. The van der Waals surface area contributed by atoms with Gasteiger partial charge in [0.2, 0.25) is 0 Å². The first kappa shape index (κ1) is 12.9. The van der Waals surface area contributed by atoms with Crippen LogP contribution in [-0.4, -0.2) is 11.5 Å². The summed E-state index contributed by atoms with van der Waals surface area (Å²) in [4.78, 5) is 0. The highest BCUT2D eigenvalue weighted by Crippen LogP contribution is 2.46. The number of benzene rings is 1. The molecule has 1 aliphatic rings. The van der Waals surface area contributed by atoms with Gasteiger partial charge in [-0.15, -0.1) is 29.9 Å². The lowest BCUT2D eigenvalue weighted by Gasteiger charge is -2.30. The summed E-state index contributed by atoms with van der Waals surface area (Å²) in [5, 5.41) is 0. The summed E-state index contributed by atoms with van der Waals surface area (Å²) in [5.74, 6) is 6.91. The van der Waals surface area contributed by atoms with Crippen LogP contribution in [0, 0.1) is 24.2 Å². The lowest BCUT2D eigenvalue weighted by Crippen LogP contribution is -2.19. The highest BCUT2D eigenvalue weighted by molar-refractivity contribution is 8.16. The number of hydrogen-bond donors (Lipinski definition) is 0. The van der Waals surface area contributed by atoms with Gasteiger partial charge in [-0.3, -0.25) is 0 Å². The van der Waals surface area contributed by atoms with Crippen LogP contribution in [0.4, 0.5) is 0 Å². The molecule has 90 valence electrons. The topological polar surface area (TPSA) is 0 Å². The molecule has 1 fully saturated rings. The molecule has 2 rings (SSSR count). The van der Waals surface area contributed by atoms with E-state index in [1.165, 1.54) is 17.1 Å². The molecule has 1 heterocycles. The lowest BCUT2D eigenvalue weighted by atomic mass is 10.0. The minimum atomic E-state index is 0.594. The van der Waals surface area contributed by atoms with Crippen LogP contribution in [0.5, 0.6) is 0 Å². The predicted octanol–water partition coefficient (Wildman–Crippen LogP) is 4.42. The highest BCUT2D eigenvalue weighted by Gasteiger charge is 2.24. The maximum Gasteiger partial charge on any atom is 0.0751 e. The fourth-order valence-corrected chi connectivity index (χ4v) is 5.39. The molecule has 1 saturated heterocycles. The van der Waals surface area contributed by atoms with E-state index in [9.17, 15) is 0 Å². The molecule has 0 aromatic heterocycles. The van der Waals surface area contributed by atoms with Crippen LogP contribution in [0.15, 0.2) is 24.3 Å². The van der Waals surface area contributed by atoms with Gasteiger partial charge in [0.1, 0.15) is 0 Å². The van der Waals surface area contributed by atoms with Crippen LogP contribution >= 0.6 is 23.5 Å². The molecule has 0 aliphatic carbocycles. The third-order valence-electron chi connectivity index (χ3n) is 3.22. The maximum absolute atomic E-state index is 5.37. The van der Waals surface area contributed by atoms with Gasteiger partial charge in [-0.1, -0.05) is 31.9 Å². The standard InChI is InChI=1S/C15H18S2/c1-4-12-5-7-13(8-6-12)15-16-9-14(10-17-15)11(2)3/h1,5-8,11,14-15H,9-10H2,2-3H3/t14-,15-. The summed E-state index contributed by atoms with van der Waals surface area (Å²) in [6.45, 7) is 4.65. The Balaban J connectivity index is 1.98. The third-order valence-corrected chi connectivity index (χ3v) is 6.42. The van der Waals surface area contributed by atoms with Crippen molar-refractivity contribution in [1.82, 2.24) is 0 Å². The quantitative estimate of drug-likeness (QED) is 0.724. The van der Waals surface area contributed by atoms with Crippen molar-refractivity contribution in [2.45, 2.75) is 18.4 Å². The van der Waals surface area contributed by atoms with Crippen molar-refractivity contribution in [1.29, 1.82) is 0 Å². The molecule has 0 nitrogen and oxygen atoms in total. The predicted molar refractivity (Wildman–Crippen MR) is 80.4 cm³/mol. The van der Waals surface area contributed by atoms with Crippen molar-refractivity contribution in [3.8, 4) is 12.3 Å². The van der Waals surface area contributed by atoms with E-state index >= 15 is 0 Å². The first-order valence-electron chi connectivity index (χ1n) is 6.00. The van der Waals surface area contributed by atoms with E-state index in [1.807, 2.05) is 12.1 Å². The summed E-state index contributed by atoms with van der Waals surface area (Å²) in [6, 6.07) is 8.45. The summed E-state index contributed by atoms with van der Waals surface area (Å²) >= 11 is 4.15. The van der Waals surface area contributed by atoms with Crippen LogP contribution in [-0.2, 0) is 0 Å². The minimum absolute atomic E-state index is 0.594. The summed E-state index contributed by atoms with van der Waals surface area (Å²) in [7, 11) is 0. The summed E-state index contributed by atoms with van der Waals surface area (Å²) < 4.78 is 0.594. The lowest BCUT2D eigenvalue weighted by molar-refractivity contribution is 0.470. The fourth-order valence-electron chi connectivity index (χ4n) is 1.83. The Morgan fingerprint density at radius 2 is 1.76 bits per heavy atom. The van der Waals surface area contributed by atoms with E-state index < -0.39 is 0 Å². The summed E-state index contributed by atoms with van der Waals surface area (Å²) in [5.41, 5.74) is 2.38. The Labute approximate surface area is 113 Å². The average molecular weight is 262 g/mol. The van der Waals surface area contributed by atoms with Crippen molar-refractivity contribution in [3.05, 3.63) is 35.4 Å². The molecule has 0 saturated carbocycles. The molecule has 0 radical (unpaired) electrons. The maximum atomic E-state index is 5.37. The number of thioether (sulfide) groups is 2. The van der Waals surface area contributed by atoms with Crippen molar-refractivity contribution in [2.75, 3.05) is 11.5 Å². The van der Waals surface area contributed by atoms with Gasteiger partial charge < -0.3 is 0 Å². The van der Waals surface area contributed by atoms with E-state index in [1.54, 1.807) is 0 Å². The van der Waals surface area contributed by atoms with E-state index in [0.29, 0.717) is 4.58 Å². The molecule has 2 heteroatoms. The molecular formula is C15H18S2. The van der Waals surface area contributed by atoms with Crippen LogP contribution < -0.4 is 0 Å². The molecule has 1 aromatic rings. The van der Waals surface area contributed by atoms with Crippen LogP contribution in [0.1, 0.15) is 29.6 Å². The fraction of sp³-hybridized carbons (Fsp3) is 0.467. The van der Waals surface area contributed by atoms with Crippen molar-refractivity contribution in [3.63, 3.8) is 0 Å². The molecule has 17 heavy (non-hydrogen) atoms. The Kier molecular flexibility index (Phi) is 4.48.